The van der Waals surface area contributed by atoms with Crippen molar-refractivity contribution in [1.29, 1.82) is 0 Å². The molecule has 2 aromatic carbocycles. The zero-order valence-corrected chi connectivity index (χ0v) is 24.5. The molecule has 40 heavy (non-hydrogen) atoms. The number of nitrogens with one attached hydrogen (secondary N) is 2. The van der Waals surface area contributed by atoms with Crippen LogP contribution in [0.3, 0.4) is 0 Å². The number of thiazole rings is 1. The van der Waals surface area contributed by atoms with E-state index in [4.69, 9.17) is 4.74 Å². The lowest BCUT2D eigenvalue weighted by Crippen LogP contribution is -2.51. The van der Waals surface area contributed by atoms with Gasteiger partial charge in [-0.3, -0.25) is 9.59 Å². The lowest BCUT2D eigenvalue weighted by Gasteiger charge is -2.34. The number of ether oxygens (including phenoxy) is 1. The van der Waals surface area contributed by atoms with E-state index in [0.29, 0.717) is 48.8 Å². The lowest BCUT2D eigenvalue weighted by molar-refractivity contribution is -0.141. The number of amides is 1. The number of para-hydroxylation sites is 2. The van der Waals surface area contributed by atoms with Gasteiger partial charge < -0.3 is 15.0 Å². The number of carbonyl (C=O) groups is 2. The van der Waals surface area contributed by atoms with Gasteiger partial charge in [-0.2, -0.15) is 4.72 Å². The van der Waals surface area contributed by atoms with E-state index in [1.54, 1.807) is 17.0 Å². The van der Waals surface area contributed by atoms with Gasteiger partial charge in [-0.1, -0.05) is 31.2 Å². The molecule has 1 aromatic heterocycles. The quantitative estimate of drug-likeness (QED) is 0.365. The zero-order valence-electron chi connectivity index (χ0n) is 22.9. The van der Waals surface area contributed by atoms with Crippen LogP contribution in [0.25, 0.3) is 10.2 Å². The third-order valence-corrected chi connectivity index (χ3v) is 10.2. The van der Waals surface area contributed by atoms with Crippen LogP contribution in [0.5, 0.6) is 0 Å². The fraction of sp³-hybridized carbons (Fsp3) is 0.483. The maximum absolute atomic E-state index is 13.9. The molecule has 0 bridgehead atoms. The summed E-state index contributed by atoms with van der Waals surface area (Å²) < 4.78 is 36.4. The fourth-order valence-electron chi connectivity index (χ4n) is 5.54. The van der Waals surface area contributed by atoms with E-state index in [0.717, 1.165) is 41.5 Å². The van der Waals surface area contributed by atoms with Gasteiger partial charge in [0, 0.05) is 33.0 Å². The number of aromatic nitrogens is 1. The van der Waals surface area contributed by atoms with Crippen molar-refractivity contribution in [2.75, 3.05) is 31.6 Å². The topological polar surface area (TPSA) is 118 Å². The Morgan fingerprint density at radius 2 is 1.95 bits per heavy atom. The highest BCUT2D eigenvalue weighted by molar-refractivity contribution is 7.89. The average Bonchev–Trinajstić information content (AvgIpc) is 3.34. The highest BCUT2D eigenvalue weighted by Crippen LogP contribution is 2.32. The molecule has 2 aliphatic heterocycles. The van der Waals surface area contributed by atoms with Crippen LogP contribution in [0.1, 0.15) is 43.7 Å². The third-order valence-electron chi connectivity index (χ3n) is 7.67. The van der Waals surface area contributed by atoms with Crippen molar-refractivity contribution in [2.45, 2.75) is 56.9 Å². The number of likely N-dealkylation sites (tertiary alicyclic amines) is 1. The molecule has 2 atom stereocenters. The van der Waals surface area contributed by atoms with Crippen LogP contribution >= 0.6 is 11.3 Å². The molecule has 3 heterocycles. The standard InChI is InChI=1S/C29H36N4O5S2/c1-19-16-22-6-5-9-26(28(22)30-18-19)40(36,37)32-24(17-27-31-23-7-3-4-8-25(23)39-27)29(35)33-13-10-21(11-14-33)12-15-38-20(2)34/h3-9,19,21,24,30,32H,10-18H2,1-2H3/t19-,24?/m0/s1. The molecule has 0 radical (unpaired) electrons. The van der Waals surface area contributed by atoms with Crippen LogP contribution in [0.15, 0.2) is 47.4 Å². The van der Waals surface area contributed by atoms with E-state index in [1.165, 1.54) is 18.3 Å². The molecule has 1 fully saturated rings. The molecular formula is C29H36N4O5S2. The van der Waals surface area contributed by atoms with Crippen LogP contribution < -0.4 is 10.0 Å². The van der Waals surface area contributed by atoms with Crippen LogP contribution in [0, 0.1) is 11.8 Å². The second kappa shape index (κ2) is 12.2. The van der Waals surface area contributed by atoms with Crippen molar-refractivity contribution in [3.63, 3.8) is 0 Å². The molecule has 0 aliphatic carbocycles. The minimum atomic E-state index is -4.01. The average molecular weight is 585 g/mol. The van der Waals surface area contributed by atoms with Crippen molar-refractivity contribution in [2.24, 2.45) is 11.8 Å². The van der Waals surface area contributed by atoms with Gasteiger partial charge in [0.2, 0.25) is 15.9 Å². The summed E-state index contributed by atoms with van der Waals surface area (Å²) in [4.78, 5) is 31.5. The smallest absolute Gasteiger partial charge is 0.302 e. The number of nitrogens with zero attached hydrogens (tertiary/aromatic N) is 2. The molecule has 3 aromatic rings. The van der Waals surface area contributed by atoms with Gasteiger partial charge in [0.25, 0.3) is 0 Å². The molecule has 11 heteroatoms. The van der Waals surface area contributed by atoms with Crippen molar-refractivity contribution in [3.8, 4) is 0 Å². The Kier molecular flexibility index (Phi) is 8.72. The second-order valence-corrected chi connectivity index (χ2v) is 13.6. The molecule has 2 N–H and O–H groups in total. The van der Waals surface area contributed by atoms with E-state index >= 15 is 0 Å². The molecule has 0 saturated carbocycles. The van der Waals surface area contributed by atoms with Gasteiger partial charge in [-0.05, 0) is 61.3 Å². The predicted octanol–water partition coefficient (Wildman–Crippen LogP) is 3.98. The highest BCUT2D eigenvalue weighted by atomic mass is 32.2. The molecule has 2 aliphatic rings. The Morgan fingerprint density at radius 1 is 1.18 bits per heavy atom. The first kappa shape index (κ1) is 28.5. The number of esters is 1. The first-order valence-corrected chi connectivity index (χ1v) is 16.1. The summed E-state index contributed by atoms with van der Waals surface area (Å²) in [5, 5.41) is 4.00. The molecule has 0 spiro atoms. The minimum Gasteiger partial charge on any atom is -0.466 e. The van der Waals surface area contributed by atoms with Gasteiger partial charge in [-0.25, -0.2) is 13.4 Å². The number of anilines is 1. The Labute approximate surface area is 239 Å². The fourth-order valence-corrected chi connectivity index (χ4v) is 7.97. The molecule has 5 rings (SSSR count). The van der Waals surface area contributed by atoms with Crippen molar-refractivity contribution in [3.05, 3.63) is 53.0 Å². The Balaban J connectivity index is 1.36. The predicted molar refractivity (Wildman–Crippen MR) is 156 cm³/mol. The number of hydrogen-bond donors (Lipinski definition) is 2. The van der Waals surface area contributed by atoms with Crippen molar-refractivity contribution in [1.82, 2.24) is 14.6 Å². The summed E-state index contributed by atoms with van der Waals surface area (Å²) in [7, 11) is -4.01. The van der Waals surface area contributed by atoms with Crippen LogP contribution in [-0.2, 0) is 37.2 Å². The number of carbonyl (C=O) groups excluding carboxylic acids is 2. The largest absolute Gasteiger partial charge is 0.466 e. The maximum Gasteiger partial charge on any atom is 0.302 e. The van der Waals surface area contributed by atoms with Gasteiger partial charge in [0.05, 0.1) is 27.5 Å². The molecule has 9 nitrogen and oxygen atoms in total. The van der Waals surface area contributed by atoms with Crippen LogP contribution in [0.2, 0.25) is 0 Å². The summed E-state index contributed by atoms with van der Waals surface area (Å²) in [6.45, 7) is 5.66. The van der Waals surface area contributed by atoms with E-state index in [2.05, 4.69) is 21.9 Å². The van der Waals surface area contributed by atoms with Gasteiger partial charge >= 0.3 is 5.97 Å². The molecular weight excluding hydrogens is 548 g/mol. The molecule has 1 saturated heterocycles. The van der Waals surface area contributed by atoms with E-state index in [-0.39, 0.29) is 23.2 Å². The van der Waals surface area contributed by atoms with Crippen LogP contribution in [-0.4, -0.2) is 62.5 Å². The normalized spacial score (nSPS) is 18.6. The minimum absolute atomic E-state index is 0.170. The van der Waals surface area contributed by atoms with Gasteiger partial charge in [-0.15, -0.1) is 11.3 Å². The number of sulfonamides is 1. The Bertz CT molecular complexity index is 1450. The van der Waals surface area contributed by atoms with Crippen molar-refractivity contribution >= 4 is 49.1 Å². The first-order valence-electron chi connectivity index (χ1n) is 13.8. The Hall–Kier alpha value is -3.02. The van der Waals surface area contributed by atoms with Gasteiger partial charge in [0.15, 0.2) is 0 Å². The third kappa shape index (κ3) is 6.64. The summed E-state index contributed by atoms with van der Waals surface area (Å²) in [6.07, 6.45) is 3.29. The van der Waals surface area contributed by atoms with E-state index < -0.39 is 16.1 Å². The lowest BCUT2D eigenvalue weighted by atomic mass is 9.93. The Morgan fingerprint density at radius 3 is 2.70 bits per heavy atom. The monoisotopic (exact) mass is 584 g/mol. The maximum atomic E-state index is 13.9. The van der Waals surface area contributed by atoms with Gasteiger partial charge in [0.1, 0.15) is 10.9 Å². The van der Waals surface area contributed by atoms with E-state index in [1.807, 2.05) is 30.3 Å². The summed E-state index contributed by atoms with van der Waals surface area (Å²) in [6, 6.07) is 12.1. The number of rotatable bonds is 9. The number of benzene rings is 2. The number of hydrogen-bond acceptors (Lipinski definition) is 8. The number of fused-ring (bicyclic) bond motifs is 2. The highest BCUT2D eigenvalue weighted by Gasteiger charge is 2.34. The second-order valence-electron chi connectivity index (χ2n) is 10.8. The summed E-state index contributed by atoms with van der Waals surface area (Å²) in [5.41, 5.74) is 2.42. The summed E-state index contributed by atoms with van der Waals surface area (Å²) >= 11 is 1.48. The molecule has 1 amide bonds. The summed E-state index contributed by atoms with van der Waals surface area (Å²) in [5.74, 6) is 0.227. The zero-order chi connectivity index (χ0) is 28.3. The SMILES string of the molecule is CC(=O)OCCC1CCN(C(=O)C(Cc2nc3ccccc3s2)NS(=O)(=O)c2cccc3c2NC[C@@H](C)C3)CC1. The van der Waals surface area contributed by atoms with Crippen LogP contribution in [0.4, 0.5) is 5.69 Å². The molecule has 1 unspecified atom stereocenters. The van der Waals surface area contributed by atoms with Crippen molar-refractivity contribution < 1.29 is 22.7 Å². The molecule has 214 valence electrons. The number of piperidine rings is 1. The first-order chi connectivity index (χ1) is 19.2. The van der Waals surface area contributed by atoms with E-state index in [9.17, 15) is 18.0 Å².